The zero-order valence-electron chi connectivity index (χ0n) is 15.6. The lowest BCUT2D eigenvalue weighted by Gasteiger charge is -2.38. The molecule has 0 aromatic carbocycles. The molecule has 2 aliphatic heterocycles. The molecule has 0 spiro atoms. The lowest BCUT2D eigenvalue weighted by molar-refractivity contribution is 0.0981. The van der Waals surface area contributed by atoms with Crippen molar-refractivity contribution in [3.05, 3.63) is 18.2 Å². The number of methoxy groups -OCH3 is 1. The molecule has 2 atom stereocenters. The first kappa shape index (κ1) is 17.3. The molecule has 0 N–H and O–H groups in total. The fraction of sp³-hybridized carbons (Fsp3) is 0.579. The van der Waals surface area contributed by atoms with E-state index in [9.17, 15) is 0 Å². The molecule has 2 saturated heterocycles. The molecule has 0 amide bonds. The number of fused-ring (bicyclic) bond motifs is 1. The minimum Gasteiger partial charge on any atom is -0.481 e. The minimum absolute atomic E-state index is 0.286. The molecular formula is C19H26N4O3. The lowest BCUT2D eigenvalue weighted by atomic mass is 10.1. The third-order valence-corrected chi connectivity index (χ3v) is 5.16. The van der Waals surface area contributed by atoms with E-state index in [0.29, 0.717) is 24.2 Å². The van der Waals surface area contributed by atoms with Gasteiger partial charge >= 0.3 is 0 Å². The van der Waals surface area contributed by atoms with Crippen LogP contribution in [0, 0.1) is 0 Å². The Kier molecular flexibility index (Phi) is 4.82. The van der Waals surface area contributed by atoms with E-state index in [4.69, 9.17) is 19.2 Å². The summed E-state index contributed by atoms with van der Waals surface area (Å²) in [5, 5.41) is 1.05. The number of pyridine rings is 2. The largest absolute Gasteiger partial charge is 0.481 e. The number of nitrogens with zero attached hydrogens (tertiary/aromatic N) is 4. The van der Waals surface area contributed by atoms with Crippen molar-refractivity contribution in [1.82, 2.24) is 9.97 Å². The van der Waals surface area contributed by atoms with Gasteiger partial charge in [-0.2, -0.15) is 4.98 Å². The van der Waals surface area contributed by atoms with Crippen LogP contribution in [0.15, 0.2) is 18.2 Å². The zero-order chi connectivity index (χ0) is 18.1. The van der Waals surface area contributed by atoms with E-state index in [1.807, 2.05) is 6.07 Å². The van der Waals surface area contributed by atoms with Crippen molar-refractivity contribution in [1.29, 1.82) is 0 Å². The first-order valence-corrected chi connectivity index (χ1v) is 9.22. The number of aromatic nitrogens is 2. The summed E-state index contributed by atoms with van der Waals surface area (Å²) in [7, 11) is 1.63. The summed E-state index contributed by atoms with van der Waals surface area (Å²) >= 11 is 0. The van der Waals surface area contributed by atoms with Crippen LogP contribution in [-0.4, -0.2) is 68.7 Å². The van der Waals surface area contributed by atoms with Crippen molar-refractivity contribution in [2.75, 3.05) is 56.4 Å². The summed E-state index contributed by atoms with van der Waals surface area (Å²) < 4.78 is 16.5. The fourth-order valence-electron chi connectivity index (χ4n) is 3.71. The number of morpholine rings is 2. The van der Waals surface area contributed by atoms with Gasteiger partial charge in [-0.15, -0.1) is 0 Å². The molecule has 2 unspecified atom stereocenters. The van der Waals surface area contributed by atoms with E-state index in [2.05, 4.69) is 40.8 Å². The van der Waals surface area contributed by atoms with Gasteiger partial charge in [0.15, 0.2) is 5.65 Å². The maximum absolute atomic E-state index is 5.63. The fourth-order valence-corrected chi connectivity index (χ4v) is 3.71. The van der Waals surface area contributed by atoms with Crippen LogP contribution in [0.1, 0.15) is 13.8 Å². The maximum atomic E-state index is 5.63. The highest BCUT2D eigenvalue weighted by atomic mass is 16.5. The number of rotatable bonds is 3. The second-order valence-corrected chi connectivity index (χ2v) is 6.96. The first-order chi connectivity index (χ1) is 12.7. The third-order valence-electron chi connectivity index (χ3n) is 5.16. The normalized spacial score (nSPS) is 24.1. The van der Waals surface area contributed by atoms with Crippen molar-refractivity contribution in [3.63, 3.8) is 0 Å². The van der Waals surface area contributed by atoms with Gasteiger partial charge in [-0.1, -0.05) is 0 Å². The van der Waals surface area contributed by atoms with Crippen LogP contribution in [0.3, 0.4) is 0 Å². The molecule has 140 valence electrons. The predicted octanol–water partition coefficient (Wildman–Crippen LogP) is 2.09. The Hall–Kier alpha value is -2.12. The van der Waals surface area contributed by atoms with E-state index < -0.39 is 0 Å². The monoisotopic (exact) mass is 358 g/mol. The van der Waals surface area contributed by atoms with Crippen LogP contribution >= 0.6 is 0 Å². The number of anilines is 2. The van der Waals surface area contributed by atoms with Crippen LogP contribution in [0.25, 0.3) is 11.0 Å². The van der Waals surface area contributed by atoms with Gasteiger partial charge in [0.25, 0.3) is 0 Å². The first-order valence-electron chi connectivity index (χ1n) is 9.22. The smallest absolute Gasteiger partial charge is 0.215 e. The highest BCUT2D eigenvalue weighted by Crippen LogP contribution is 2.33. The summed E-state index contributed by atoms with van der Waals surface area (Å²) in [6, 6.07) is 6.74. The van der Waals surface area contributed by atoms with E-state index in [1.54, 1.807) is 7.11 Å². The van der Waals surface area contributed by atoms with Gasteiger partial charge in [0.05, 0.1) is 45.3 Å². The van der Waals surface area contributed by atoms with Gasteiger partial charge in [-0.25, -0.2) is 4.98 Å². The highest BCUT2D eigenvalue weighted by molar-refractivity contribution is 5.92. The van der Waals surface area contributed by atoms with Crippen molar-refractivity contribution in [3.8, 4) is 5.88 Å². The Labute approximate surface area is 153 Å². The molecule has 4 heterocycles. The minimum atomic E-state index is 0.286. The Morgan fingerprint density at radius 2 is 1.69 bits per heavy atom. The Morgan fingerprint density at radius 1 is 1.00 bits per heavy atom. The van der Waals surface area contributed by atoms with Gasteiger partial charge in [0.1, 0.15) is 5.82 Å². The number of hydrogen-bond donors (Lipinski definition) is 0. The zero-order valence-corrected chi connectivity index (χ0v) is 15.6. The molecule has 0 saturated carbocycles. The second-order valence-electron chi connectivity index (χ2n) is 6.96. The van der Waals surface area contributed by atoms with Crippen molar-refractivity contribution < 1.29 is 14.2 Å². The van der Waals surface area contributed by atoms with Gasteiger partial charge < -0.3 is 24.0 Å². The molecule has 4 rings (SSSR count). The molecular weight excluding hydrogens is 332 g/mol. The molecule has 0 bridgehead atoms. The molecule has 2 fully saturated rings. The summed E-state index contributed by atoms with van der Waals surface area (Å²) in [5.74, 6) is 1.53. The maximum Gasteiger partial charge on any atom is 0.215 e. The molecule has 7 nitrogen and oxygen atoms in total. The Balaban J connectivity index is 1.84. The van der Waals surface area contributed by atoms with Crippen molar-refractivity contribution >= 4 is 22.5 Å². The van der Waals surface area contributed by atoms with Gasteiger partial charge in [-0.05, 0) is 19.9 Å². The van der Waals surface area contributed by atoms with Crippen LogP contribution in [0.4, 0.5) is 11.5 Å². The van der Waals surface area contributed by atoms with Crippen LogP contribution in [0.2, 0.25) is 0 Å². The van der Waals surface area contributed by atoms with Gasteiger partial charge in [0, 0.05) is 36.7 Å². The topological polar surface area (TPSA) is 60.0 Å². The van der Waals surface area contributed by atoms with Gasteiger partial charge in [0.2, 0.25) is 5.88 Å². The van der Waals surface area contributed by atoms with Crippen LogP contribution < -0.4 is 14.5 Å². The number of hydrogen-bond acceptors (Lipinski definition) is 7. The summed E-state index contributed by atoms with van der Waals surface area (Å²) in [4.78, 5) is 14.2. The summed E-state index contributed by atoms with van der Waals surface area (Å²) in [6.07, 6.45) is 0. The average molecular weight is 358 g/mol. The molecule has 2 aliphatic rings. The molecule has 0 radical (unpaired) electrons. The lowest BCUT2D eigenvalue weighted by Crippen LogP contribution is -2.45. The third kappa shape index (κ3) is 3.17. The molecule has 7 heteroatoms. The Morgan fingerprint density at radius 3 is 2.35 bits per heavy atom. The van der Waals surface area contributed by atoms with E-state index in [-0.39, 0.29) is 6.04 Å². The molecule has 0 aliphatic carbocycles. The number of ether oxygens (including phenoxy) is 3. The van der Waals surface area contributed by atoms with Crippen LogP contribution in [0.5, 0.6) is 5.88 Å². The molecule has 26 heavy (non-hydrogen) atoms. The van der Waals surface area contributed by atoms with Crippen molar-refractivity contribution in [2.24, 2.45) is 0 Å². The van der Waals surface area contributed by atoms with E-state index >= 15 is 0 Å². The van der Waals surface area contributed by atoms with E-state index in [1.165, 1.54) is 0 Å². The predicted molar refractivity (Wildman–Crippen MR) is 101 cm³/mol. The van der Waals surface area contributed by atoms with E-state index in [0.717, 1.165) is 49.8 Å². The molecule has 2 aromatic rings. The highest BCUT2D eigenvalue weighted by Gasteiger charge is 2.26. The quantitative estimate of drug-likeness (QED) is 0.832. The van der Waals surface area contributed by atoms with Gasteiger partial charge in [-0.3, -0.25) is 0 Å². The van der Waals surface area contributed by atoms with Crippen molar-refractivity contribution in [2.45, 2.75) is 25.9 Å². The summed E-state index contributed by atoms with van der Waals surface area (Å²) in [5.41, 5.74) is 1.88. The average Bonchev–Trinajstić information content (AvgIpc) is 2.67. The molecule has 2 aromatic heterocycles. The summed E-state index contributed by atoms with van der Waals surface area (Å²) in [6.45, 7) is 8.97. The van der Waals surface area contributed by atoms with Crippen LogP contribution in [-0.2, 0) is 9.47 Å². The Bertz CT molecular complexity index is 785. The second kappa shape index (κ2) is 7.25. The standard InChI is InChI=1S/C19H26N4O3/c1-13-11-25-8-6-22(13)16-10-17(23-7-9-26-12-14(23)2)20-19-15(16)4-5-18(21-19)24-3/h4-5,10,13-14H,6-9,11-12H2,1-3H3. The SMILES string of the molecule is COc1ccc2c(N3CCOCC3C)cc(N3CCOCC3C)nc2n1.